The predicted molar refractivity (Wildman–Crippen MR) is 127 cm³/mol. The molecule has 1 N–H and O–H groups in total. The van der Waals surface area contributed by atoms with Gasteiger partial charge >= 0.3 is 0 Å². The van der Waals surface area contributed by atoms with Gasteiger partial charge in [0.25, 0.3) is 5.91 Å². The summed E-state index contributed by atoms with van der Waals surface area (Å²) >= 11 is 0. The first kappa shape index (κ1) is 23.3. The lowest BCUT2D eigenvalue weighted by Gasteiger charge is -2.27. The Balaban J connectivity index is 1.77. The number of nitrogens with one attached hydrogen (secondary N) is 1. The Hall–Kier alpha value is -3.41. The van der Waals surface area contributed by atoms with Gasteiger partial charge in [-0.3, -0.25) is 9.59 Å². The quantitative estimate of drug-likeness (QED) is 0.608. The van der Waals surface area contributed by atoms with Gasteiger partial charge in [0.15, 0.2) is 0 Å². The van der Waals surface area contributed by atoms with E-state index < -0.39 is 6.04 Å². The molecule has 0 spiro atoms. The van der Waals surface area contributed by atoms with Crippen molar-refractivity contribution in [2.75, 3.05) is 7.05 Å². The average molecular weight is 433 g/mol. The van der Waals surface area contributed by atoms with E-state index in [0.717, 1.165) is 28.2 Å². The standard InChI is InChI=1S/C26H32N4O2/c1-17(2)24(27-25(31)21-12-10-11-18(3)15-21)26(32)29(6)16-23-19(4)28-30(20(23)5)22-13-8-7-9-14-22/h7-15,17,24H,16H2,1-6H3,(H,27,31)/t24-/m1/s1. The van der Waals surface area contributed by atoms with Crippen molar-refractivity contribution in [2.24, 2.45) is 5.92 Å². The zero-order valence-electron chi connectivity index (χ0n) is 19.7. The first-order valence-electron chi connectivity index (χ1n) is 10.9. The van der Waals surface area contributed by atoms with Crippen LogP contribution in [0.1, 0.15) is 46.7 Å². The van der Waals surface area contributed by atoms with Crippen LogP contribution >= 0.6 is 0 Å². The second kappa shape index (κ2) is 9.81. The van der Waals surface area contributed by atoms with E-state index in [2.05, 4.69) is 10.4 Å². The van der Waals surface area contributed by atoms with E-state index in [0.29, 0.717) is 12.1 Å². The van der Waals surface area contributed by atoms with Gasteiger partial charge in [-0.1, -0.05) is 49.7 Å². The van der Waals surface area contributed by atoms with Crippen molar-refractivity contribution in [2.45, 2.75) is 47.2 Å². The summed E-state index contributed by atoms with van der Waals surface area (Å²) in [5.41, 5.74) is 5.44. The smallest absolute Gasteiger partial charge is 0.251 e. The SMILES string of the molecule is Cc1cccc(C(=O)N[C@@H](C(=O)N(C)Cc2c(C)nn(-c3ccccc3)c2C)C(C)C)c1. The molecule has 0 saturated heterocycles. The molecule has 0 saturated carbocycles. The number of hydrogen-bond donors (Lipinski definition) is 1. The Morgan fingerprint density at radius 1 is 1.03 bits per heavy atom. The lowest BCUT2D eigenvalue weighted by Crippen LogP contribution is -2.50. The molecule has 1 atom stereocenters. The van der Waals surface area contributed by atoms with E-state index >= 15 is 0 Å². The number of carbonyl (C=O) groups excluding carboxylic acids is 2. The Bertz CT molecular complexity index is 1100. The molecular formula is C26H32N4O2. The van der Waals surface area contributed by atoms with Crippen LogP contribution in [0.3, 0.4) is 0 Å². The van der Waals surface area contributed by atoms with Crippen LogP contribution in [-0.4, -0.2) is 39.6 Å². The molecule has 0 bridgehead atoms. The molecule has 168 valence electrons. The fraction of sp³-hybridized carbons (Fsp3) is 0.346. The second-order valence-electron chi connectivity index (χ2n) is 8.66. The molecular weight excluding hydrogens is 400 g/mol. The molecule has 0 aliphatic heterocycles. The van der Waals surface area contributed by atoms with E-state index in [-0.39, 0.29) is 17.7 Å². The van der Waals surface area contributed by atoms with Crippen molar-refractivity contribution in [3.8, 4) is 5.69 Å². The van der Waals surface area contributed by atoms with Gasteiger partial charge in [0.05, 0.1) is 11.4 Å². The van der Waals surface area contributed by atoms with E-state index in [9.17, 15) is 9.59 Å². The Kier molecular flexibility index (Phi) is 7.13. The molecule has 0 fully saturated rings. The first-order valence-corrected chi connectivity index (χ1v) is 10.9. The number of carbonyl (C=O) groups is 2. The van der Waals surface area contributed by atoms with Crippen LogP contribution in [0.5, 0.6) is 0 Å². The molecule has 3 aromatic rings. The zero-order chi connectivity index (χ0) is 23.4. The molecule has 6 nitrogen and oxygen atoms in total. The summed E-state index contributed by atoms with van der Waals surface area (Å²) in [5, 5.41) is 7.61. The third-order valence-corrected chi connectivity index (χ3v) is 5.71. The topological polar surface area (TPSA) is 67.2 Å². The third-order valence-electron chi connectivity index (χ3n) is 5.71. The van der Waals surface area contributed by atoms with Crippen molar-refractivity contribution < 1.29 is 9.59 Å². The van der Waals surface area contributed by atoms with Gasteiger partial charge in [-0.2, -0.15) is 5.10 Å². The Labute approximate surface area is 190 Å². The van der Waals surface area contributed by atoms with Crippen LogP contribution in [0.2, 0.25) is 0 Å². The summed E-state index contributed by atoms with van der Waals surface area (Å²) in [6.45, 7) is 10.2. The summed E-state index contributed by atoms with van der Waals surface area (Å²) in [6.07, 6.45) is 0. The van der Waals surface area contributed by atoms with Crippen LogP contribution < -0.4 is 5.32 Å². The van der Waals surface area contributed by atoms with E-state index in [1.807, 2.05) is 87.8 Å². The number of para-hydroxylation sites is 1. The fourth-order valence-electron chi connectivity index (χ4n) is 3.80. The van der Waals surface area contributed by atoms with Crippen molar-refractivity contribution in [3.05, 3.63) is 82.7 Å². The lowest BCUT2D eigenvalue weighted by atomic mass is 10.0. The molecule has 1 aromatic heterocycles. The normalized spacial score (nSPS) is 12.0. The molecule has 0 aliphatic carbocycles. The van der Waals surface area contributed by atoms with Gasteiger partial charge in [-0.25, -0.2) is 4.68 Å². The van der Waals surface area contributed by atoms with Gasteiger partial charge in [0.2, 0.25) is 5.91 Å². The highest BCUT2D eigenvalue weighted by atomic mass is 16.2. The molecule has 0 unspecified atom stereocenters. The number of benzene rings is 2. The predicted octanol–water partition coefficient (Wildman–Crippen LogP) is 4.21. The summed E-state index contributed by atoms with van der Waals surface area (Å²) in [4.78, 5) is 27.8. The monoisotopic (exact) mass is 432 g/mol. The molecule has 32 heavy (non-hydrogen) atoms. The Morgan fingerprint density at radius 2 is 1.72 bits per heavy atom. The first-order chi connectivity index (χ1) is 15.2. The van der Waals surface area contributed by atoms with Gasteiger partial charge in [-0.15, -0.1) is 0 Å². The molecule has 2 aromatic carbocycles. The third kappa shape index (κ3) is 5.07. The summed E-state index contributed by atoms with van der Waals surface area (Å²) < 4.78 is 1.91. The van der Waals surface area contributed by atoms with Crippen molar-refractivity contribution in [1.82, 2.24) is 20.0 Å². The number of aromatic nitrogens is 2. The minimum Gasteiger partial charge on any atom is -0.340 e. The van der Waals surface area contributed by atoms with Crippen molar-refractivity contribution in [3.63, 3.8) is 0 Å². The maximum atomic E-state index is 13.3. The molecule has 2 amide bonds. The minimum absolute atomic E-state index is 0.0482. The van der Waals surface area contributed by atoms with E-state index in [1.54, 1.807) is 18.0 Å². The van der Waals surface area contributed by atoms with Gasteiger partial charge < -0.3 is 10.2 Å². The second-order valence-corrected chi connectivity index (χ2v) is 8.66. The maximum absolute atomic E-state index is 13.3. The highest BCUT2D eigenvalue weighted by Gasteiger charge is 2.28. The van der Waals surface area contributed by atoms with Gasteiger partial charge in [0, 0.05) is 30.4 Å². The molecule has 6 heteroatoms. The number of nitrogens with zero attached hydrogens (tertiary/aromatic N) is 3. The zero-order valence-corrected chi connectivity index (χ0v) is 19.7. The molecule has 1 heterocycles. The number of aryl methyl sites for hydroxylation is 2. The van der Waals surface area contributed by atoms with Crippen LogP contribution in [-0.2, 0) is 11.3 Å². The van der Waals surface area contributed by atoms with Gasteiger partial charge in [0.1, 0.15) is 6.04 Å². The molecule has 0 aliphatic rings. The Morgan fingerprint density at radius 3 is 2.34 bits per heavy atom. The van der Waals surface area contributed by atoms with Crippen LogP contribution in [0, 0.1) is 26.7 Å². The number of likely N-dealkylation sites (N-methyl/N-ethyl adjacent to an activating group) is 1. The van der Waals surface area contributed by atoms with Crippen molar-refractivity contribution >= 4 is 11.8 Å². The largest absolute Gasteiger partial charge is 0.340 e. The van der Waals surface area contributed by atoms with E-state index in [1.165, 1.54) is 0 Å². The summed E-state index contributed by atoms with van der Waals surface area (Å²) in [7, 11) is 1.77. The van der Waals surface area contributed by atoms with Crippen LogP contribution in [0.4, 0.5) is 0 Å². The van der Waals surface area contributed by atoms with Crippen LogP contribution in [0.15, 0.2) is 54.6 Å². The molecule has 0 radical (unpaired) electrons. The van der Waals surface area contributed by atoms with Gasteiger partial charge in [-0.05, 0) is 51.0 Å². The minimum atomic E-state index is -0.613. The molecule has 3 rings (SSSR count). The van der Waals surface area contributed by atoms with E-state index in [4.69, 9.17) is 0 Å². The number of amides is 2. The number of hydrogen-bond acceptors (Lipinski definition) is 3. The fourth-order valence-corrected chi connectivity index (χ4v) is 3.80. The summed E-state index contributed by atoms with van der Waals surface area (Å²) in [5.74, 6) is -0.404. The lowest BCUT2D eigenvalue weighted by molar-refractivity contribution is -0.133. The maximum Gasteiger partial charge on any atom is 0.251 e. The highest BCUT2D eigenvalue weighted by molar-refractivity contribution is 5.97. The van der Waals surface area contributed by atoms with Crippen LogP contribution in [0.25, 0.3) is 5.69 Å². The summed E-state index contributed by atoms with van der Waals surface area (Å²) in [6, 6.07) is 16.7. The average Bonchev–Trinajstić information content (AvgIpc) is 3.05. The number of rotatable bonds is 7. The van der Waals surface area contributed by atoms with Crippen molar-refractivity contribution in [1.29, 1.82) is 0 Å². The highest BCUT2D eigenvalue weighted by Crippen LogP contribution is 2.20.